The van der Waals surface area contributed by atoms with E-state index in [4.69, 9.17) is 5.11 Å². The summed E-state index contributed by atoms with van der Waals surface area (Å²) < 4.78 is 0. The Morgan fingerprint density at radius 3 is 2.11 bits per heavy atom. The van der Waals surface area contributed by atoms with Gasteiger partial charge in [0.25, 0.3) is 0 Å². The molecule has 0 saturated heterocycles. The van der Waals surface area contributed by atoms with Crippen molar-refractivity contribution in [3.8, 4) is 0 Å². The second kappa shape index (κ2) is 13.2. The maximum atomic E-state index is 10.3. The van der Waals surface area contributed by atoms with E-state index in [9.17, 15) is 4.79 Å². The molecule has 0 amide bonds. The summed E-state index contributed by atoms with van der Waals surface area (Å²) in [5.41, 5.74) is 0. The van der Waals surface area contributed by atoms with Crippen LogP contribution >= 0.6 is 0 Å². The van der Waals surface area contributed by atoms with E-state index in [2.05, 4.69) is 12.2 Å². The van der Waals surface area contributed by atoms with Crippen LogP contribution < -0.4 is 0 Å². The van der Waals surface area contributed by atoms with Crippen molar-refractivity contribution in [3.05, 3.63) is 12.2 Å². The van der Waals surface area contributed by atoms with E-state index in [-0.39, 0.29) is 29.6 Å². The first-order valence-corrected chi connectivity index (χ1v) is 7.67. The summed E-state index contributed by atoms with van der Waals surface area (Å²) in [4.78, 5) is 10.3. The Kier molecular flexibility index (Phi) is 13.4. The third-order valence-electron chi connectivity index (χ3n) is 3.83. The molecule has 1 atom stereocenters. The Bertz CT molecular complexity index is 251. The zero-order valence-electron chi connectivity index (χ0n) is 12.6. The van der Waals surface area contributed by atoms with Crippen LogP contribution in [0.25, 0.3) is 0 Å². The van der Waals surface area contributed by atoms with Crippen LogP contribution in [-0.2, 0) is 4.79 Å². The molecule has 2 nitrogen and oxygen atoms in total. The summed E-state index contributed by atoms with van der Waals surface area (Å²) in [7, 11) is 0. The first kappa shape index (κ1) is 19.2. The predicted molar refractivity (Wildman–Crippen MR) is 81.4 cm³/mol. The van der Waals surface area contributed by atoms with Crippen molar-refractivity contribution >= 4 is 35.5 Å². The van der Waals surface area contributed by atoms with Crippen LogP contribution in [0.15, 0.2) is 12.2 Å². The smallest absolute Gasteiger partial charge is 0.303 e. The number of hydrogen-bond donors (Lipinski definition) is 1. The summed E-state index contributed by atoms with van der Waals surface area (Å²) in [6.07, 6.45) is 19.0. The molecule has 105 valence electrons. The summed E-state index contributed by atoms with van der Waals surface area (Å²) in [5, 5.41) is 8.50. The van der Waals surface area contributed by atoms with Crippen LogP contribution in [-0.4, -0.2) is 40.6 Å². The molecule has 0 spiro atoms. The molecule has 0 bridgehead atoms. The molecule has 0 saturated carbocycles. The quantitative estimate of drug-likeness (QED) is 0.341. The Balaban J connectivity index is 0.00000324. The van der Waals surface area contributed by atoms with Crippen molar-refractivity contribution in [2.24, 2.45) is 5.92 Å². The largest absolute Gasteiger partial charge is 0.481 e. The van der Waals surface area contributed by atoms with Gasteiger partial charge in [-0.2, -0.15) is 0 Å². The molecule has 1 rings (SSSR count). The molecule has 1 aliphatic carbocycles. The molecule has 3 heteroatoms. The van der Waals surface area contributed by atoms with E-state index in [1.165, 1.54) is 57.8 Å². The monoisotopic (exact) mass is 275 g/mol. The van der Waals surface area contributed by atoms with E-state index < -0.39 is 5.97 Å². The second-order valence-corrected chi connectivity index (χ2v) is 5.53. The molecule has 1 unspecified atom stereocenters. The van der Waals surface area contributed by atoms with Gasteiger partial charge in [-0.25, -0.2) is 0 Å². The van der Waals surface area contributed by atoms with E-state index in [1.54, 1.807) is 0 Å². The second-order valence-electron chi connectivity index (χ2n) is 5.53. The molecular formula is C16H28NaO2. The van der Waals surface area contributed by atoms with Gasteiger partial charge < -0.3 is 5.11 Å². The van der Waals surface area contributed by atoms with E-state index in [0.29, 0.717) is 6.42 Å². The third-order valence-corrected chi connectivity index (χ3v) is 3.83. The van der Waals surface area contributed by atoms with Crippen LogP contribution in [0.5, 0.6) is 0 Å². The summed E-state index contributed by atoms with van der Waals surface area (Å²) in [6, 6.07) is 0. The maximum absolute atomic E-state index is 10.3. The molecule has 1 N–H and O–H groups in total. The average Bonchev–Trinajstić information content (AvgIpc) is 2.84. The van der Waals surface area contributed by atoms with Gasteiger partial charge in [0.2, 0.25) is 0 Å². The molecule has 0 aromatic carbocycles. The van der Waals surface area contributed by atoms with Crippen LogP contribution in [0.3, 0.4) is 0 Å². The number of rotatable bonds is 11. The molecule has 0 aromatic heterocycles. The number of unbranched alkanes of at least 4 members (excludes halogenated alkanes) is 7. The summed E-state index contributed by atoms with van der Waals surface area (Å²) in [6.45, 7) is 0. The Morgan fingerprint density at radius 1 is 1.00 bits per heavy atom. The number of carbonyl (C=O) groups is 1. The van der Waals surface area contributed by atoms with E-state index in [1.807, 2.05) is 0 Å². The molecule has 0 aromatic rings. The van der Waals surface area contributed by atoms with Crippen LogP contribution in [0.2, 0.25) is 0 Å². The van der Waals surface area contributed by atoms with Crippen molar-refractivity contribution in [2.45, 2.75) is 77.0 Å². The fourth-order valence-corrected chi connectivity index (χ4v) is 2.68. The Hall–Kier alpha value is 0.210. The zero-order chi connectivity index (χ0) is 13.1. The Morgan fingerprint density at radius 2 is 1.58 bits per heavy atom. The van der Waals surface area contributed by atoms with Gasteiger partial charge >= 0.3 is 5.97 Å². The minimum Gasteiger partial charge on any atom is -0.481 e. The normalized spacial score (nSPS) is 17.4. The van der Waals surface area contributed by atoms with Crippen molar-refractivity contribution in [3.63, 3.8) is 0 Å². The van der Waals surface area contributed by atoms with Gasteiger partial charge in [0, 0.05) is 36.0 Å². The number of carboxylic acid groups (broad SMARTS) is 1. The van der Waals surface area contributed by atoms with Crippen LogP contribution in [0.1, 0.15) is 77.0 Å². The topological polar surface area (TPSA) is 37.3 Å². The standard InChI is InChI=1S/C16H28O2.Na/c17-16(18)14-8-6-4-2-1-3-5-7-11-15-12-9-10-13-15;/h9,12,15H,1-8,10-11,13-14H2,(H,17,18);. The summed E-state index contributed by atoms with van der Waals surface area (Å²) >= 11 is 0. The molecule has 0 aliphatic heterocycles. The molecule has 0 fully saturated rings. The van der Waals surface area contributed by atoms with E-state index in [0.717, 1.165) is 18.8 Å². The SMILES string of the molecule is O=C(O)CCCCCCCCCCC1C=CCC1.[Na]. The number of carboxylic acids is 1. The third kappa shape index (κ3) is 11.7. The van der Waals surface area contributed by atoms with Crippen molar-refractivity contribution in [2.75, 3.05) is 0 Å². The molecule has 0 heterocycles. The summed E-state index contributed by atoms with van der Waals surface area (Å²) in [5.74, 6) is 0.219. The molecule has 1 radical (unpaired) electrons. The van der Waals surface area contributed by atoms with Gasteiger partial charge in [-0.3, -0.25) is 4.79 Å². The minimum absolute atomic E-state index is 0. The molecular weight excluding hydrogens is 247 g/mol. The van der Waals surface area contributed by atoms with Crippen LogP contribution in [0, 0.1) is 5.92 Å². The number of hydrogen-bond acceptors (Lipinski definition) is 1. The van der Waals surface area contributed by atoms with Crippen molar-refractivity contribution < 1.29 is 9.90 Å². The first-order chi connectivity index (χ1) is 8.79. The zero-order valence-corrected chi connectivity index (χ0v) is 14.6. The maximum Gasteiger partial charge on any atom is 0.303 e. The number of allylic oxidation sites excluding steroid dienone is 2. The van der Waals surface area contributed by atoms with Gasteiger partial charge in [0.1, 0.15) is 0 Å². The van der Waals surface area contributed by atoms with Gasteiger partial charge in [-0.15, -0.1) is 0 Å². The molecule has 1 aliphatic rings. The fraction of sp³-hybridized carbons (Fsp3) is 0.812. The van der Waals surface area contributed by atoms with Gasteiger partial charge in [0.15, 0.2) is 0 Å². The minimum atomic E-state index is -0.657. The van der Waals surface area contributed by atoms with E-state index >= 15 is 0 Å². The Labute approximate surface area is 140 Å². The number of aliphatic carboxylic acids is 1. The van der Waals surface area contributed by atoms with Gasteiger partial charge in [-0.1, -0.05) is 57.1 Å². The van der Waals surface area contributed by atoms with Crippen LogP contribution in [0.4, 0.5) is 0 Å². The van der Waals surface area contributed by atoms with Gasteiger partial charge in [-0.05, 0) is 31.6 Å². The average molecular weight is 275 g/mol. The fourth-order valence-electron chi connectivity index (χ4n) is 2.68. The molecule has 19 heavy (non-hydrogen) atoms. The predicted octanol–water partition coefficient (Wildman–Crippen LogP) is 4.56. The van der Waals surface area contributed by atoms with Crippen molar-refractivity contribution in [1.29, 1.82) is 0 Å². The first-order valence-electron chi connectivity index (χ1n) is 7.67. The van der Waals surface area contributed by atoms with Gasteiger partial charge in [0.05, 0.1) is 0 Å². The van der Waals surface area contributed by atoms with Crippen molar-refractivity contribution in [1.82, 2.24) is 0 Å².